The first-order valence-corrected chi connectivity index (χ1v) is 7.61. The molecule has 1 aliphatic heterocycles. The minimum absolute atomic E-state index is 0.572. The van der Waals surface area contributed by atoms with Crippen LogP contribution >= 0.6 is 0 Å². The van der Waals surface area contributed by atoms with Gasteiger partial charge in [-0.25, -0.2) is 0 Å². The van der Waals surface area contributed by atoms with Crippen molar-refractivity contribution < 1.29 is 0 Å². The first kappa shape index (κ1) is 13.2. The van der Waals surface area contributed by atoms with Crippen LogP contribution in [0.15, 0.2) is 30.6 Å². The van der Waals surface area contributed by atoms with Gasteiger partial charge in [0.15, 0.2) is 0 Å². The molecule has 0 amide bonds. The highest BCUT2D eigenvalue weighted by atomic mass is 15.3. The van der Waals surface area contributed by atoms with Crippen LogP contribution in [0.1, 0.15) is 32.8 Å². The van der Waals surface area contributed by atoms with Crippen LogP contribution in [0, 0.1) is 0 Å². The van der Waals surface area contributed by atoms with Crippen LogP contribution in [0.5, 0.6) is 0 Å². The zero-order valence-electron chi connectivity index (χ0n) is 12.6. The summed E-state index contributed by atoms with van der Waals surface area (Å²) in [4.78, 5) is 2.51. The summed E-state index contributed by atoms with van der Waals surface area (Å²) in [6, 6.07) is 7.44. The molecule has 20 heavy (non-hydrogen) atoms. The van der Waals surface area contributed by atoms with Crippen LogP contribution in [0.4, 0.5) is 5.69 Å². The van der Waals surface area contributed by atoms with Crippen molar-refractivity contribution in [2.24, 2.45) is 0 Å². The molecule has 0 bridgehead atoms. The van der Waals surface area contributed by atoms with Gasteiger partial charge in [-0.05, 0) is 56.9 Å². The standard InChI is InChI=1S/C17H23N3/c1-4-19-12-16(11-18-19)14-7-8-17-15(10-14)6-5-9-20(17)13(2)3/h7-8,10-13H,4-6,9H2,1-3H3. The Morgan fingerprint density at radius 1 is 1.25 bits per heavy atom. The van der Waals surface area contributed by atoms with Crippen molar-refractivity contribution in [3.8, 4) is 11.1 Å². The molecule has 2 heterocycles. The highest BCUT2D eigenvalue weighted by Crippen LogP contribution is 2.32. The van der Waals surface area contributed by atoms with Crippen molar-refractivity contribution in [3.63, 3.8) is 0 Å². The van der Waals surface area contributed by atoms with E-state index >= 15 is 0 Å². The van der Waals surface area contributed by atoms with Crippen molar-refractivity contribution in [1.29, 1.82) is 0 Å². The second-order valence-corrected chi connectivity index (χ2v) is 5.82. The van der Waals surface area contributed by atoms with Crippen molar-refractivity contribution in [2.45, 2.75) is 46.2 Å². The molecular weight excluding hydrogens is 246 g/mol. The van der Waals surface area contributed by atoms with Gasteiger partial charge in [0.2, 0.25) is 0 Å². The van der Waals surface area contributed by atoms with Gasteiger partial charge in [-0.3, -0.25) is 4.68 Å². The zero-order valence-corrected chi connectivity index (χ0v) is 12.6. The number of benzene rings is 1. The summed E-state index contributed by atoms with van der Waals surface area (Å²) in [6.07, 6.45) is 6.54. The van der Waals surface area contributed by atoms with E-state index in [2.05, 4.69) is 55.2 Å². The molecule has 0 aliphatic carbocycles. The van der Waals surface area contributed by atoms with Crippen molar-refractivity contribution in [3.05, 3.63) is 36.2 Å². The lowest BCUT2D eigenvalue weighted by atomic mass is 9.96. The van der Waals surface area contributed by atoms with Gasteiger partial charge in [0, 0.05) is 36.6 Å². The maximum absolute atomic E-state index is 4.37. The van der Waals surface area contributed by atoms with Crippen molar-refractivity contribution >= 4 is 5.69 Å². The fourth-order valence-corrected chi connectivity index (χ4v) is 3.03. The second-order valence-electron chi connectivity index (χ2n) is 5.82. The third kappa shape index (κ3) is 2.33. The Hall–Kier alpha value is -1.77. The Balaban J connectivity index is 1.96. The number of anilines is 1. The molecule has 3 rings (SSSR count). The minimum atomic E-state index is 0.572. The Kier molecular flexibility index (Phi) is 3.51. The number of hydrogen-bond acceptors (Lipinski definition) is 2. The molecule has 106 valence electrons. The topological polar surface area (TPSA) is 21.1 Å². The predicted octanol–water partition coefficient (Wildman–Crippen LogP) is 3.73. The van der Waals surface area contributed by atoms with E-state index in [0.29, 0.717) is 6.04 Å². The van der Waals surface area contributed by atoms with Gasteiger partial charge in [-0.15, -0.1) is 0 Å². The molecule has 3 heteroatoms. The van der Waals surface area contributed by atoms with Gasteiger partial charge in [-0.1, -0.05) is 6.07 Å². The Morgan fingerprint density at radius 2 is 2.10 bits per heavy atom. The van der Waals surface area contributed by atoms with E-state index in [1.54, 1.807) is 0 Å². The number of nitrogens with zero attached hydrogens (tertiary/aromatic N) is 3. The smallest absolute Gasteiger partial charge is 0.0568 e. The minimum Gasteiger partial charge on any atom is -0.369 e. The third-order valence-corrected chi connectivity index (χ3v) is 4.15. The molecule has 0 unspecified atom stereocenters. The quantitative estimate of drug-likeness (QED) is 0.846. The van der Waals surface area contributed by atoms with E-state index in [1.165, 1.54) is 41.8 Å². The number of rotatable bonds is 3. The Bertz CT molecular complexity index is 598. The molecule has 2 aromatic rings. The molecule has 1 aliphatic rings. The van der Waals surface area contributed by atoms with E-state index < -0.39 is 0 Å². The van der Waals surface area contributed by atoms with Gasteiger partial charge in [-0.2, -0.15) is 5.10 Å². The SMILES string of the molecule is CCn1cc(-c2ccc3c(c2)CCCN3C(C)C)cn1. The van der Waals surface area contributed by atoms with E-state index in [0.717, 1.165) is 6.54 Å². The average molecular weight is 269 g/mol. The molecule has 0 saturated carbocycles. The number of hydrogen-bond donors (Lipinski definition) is 0. The molecule has 0 radical (unpaired) electrons. The molecule has 0 atom stereocenters. The molecule has 0 fully saturated rings. The number of aromatic nitrogens is 2. The van der Waals surface area contributed by atoms with Crippen LogP contribution in [0.2, 0.25) is 0 Å². The maximum atomic E-state index is 4.37. The van der Waals surface area contributed by atoms with Gasteiger partial charge >= 0.3 is 0 Å². The summed E-state index contributed by atoms with van der Waals surface area (Å²) >= 11 is 0. The summed E-state index contributed by atoms with van der Waals surface area (Å²) in [5.74, 6) is 0. The molecule has 0 N–H and O–H groups in total. The lowest BCUT2D eigenvalue weighted by Crippen LogP contribution is -2.35. The van der Waals surface area contributed by atoms with Gasteiger partial charge in [0.25, 0.3) is 0 Å². The summed E-state index contributed by atoms with van der Waals surface area (Å²) < 4.78 is 1.98. The normalized spacial score (nSPS) is 14.7. The highest BCUT2D eigenvalue weighted by Gasteiger charge is 2.19. The molecule has 0 spiro atoms. The fraction of sp³-hybridized carbons (Fsp3) is 0.471. The van der Waals surface area contributed by atoms with E-state index in [-0.39, 0.29) is 0 Å². The maximum Gasteiger partial charge on any atom is 0.0568 e. The van der Waals surface area contributed by atoms with Crippen LogP contribution < -0.4 is 4.90 Å². The lowest BCUT2D eigenvalue weighted by Gasteiger charge is -2.34. The number of aryl methyl sites for hydroxylation is 2. The van der Waals surface area contributed by atoms with Crippen LogP contribution in [0.3, 0.4) is 0 Å². The average Bonchev–Trinajstić information content (AvgIpc) is 2.94. The van der Waals surface area contributed by atoms with E-state index in [9.17, 15) is 0 Å². The largest absolute Gasteiger partial charge is 0.369 e. The van der Waals surface area contributed by atoms with Gasteiger partial charge in [0.1, 0.15) is 0 Å². The zero-order chi connectivity index (χ0) is 14.1. The first-order chi connectivity index (χ1) is 9.69. The predicted molar refractivity (Wildman–Crippen MR) is 84.1 cm³/mol. The highest BCUT2D eigenvalue weighted by molar-refractivity contribution is 5.69. The van der Waals surface area contributed by atoms with Crippen molar-refractivity contribution in [1.82, 2.24) is 9.78 Å². The Morgan fingerprint density at radius 3 is 2.80 bits per heavy atom. The summed E-state index contributed by atoms with van der Waals surface area (Å²) in [6.45, 7) is 8.76. The second kappa shape index (κ2) is 5.31. The molecule has 3 nitrogen and oxygen atoms in total. The Labute approximate surface area is 121 Å². The van der Waals surface area contributed by atoms with Crippen LogP contribution in [-0.4, -0.2) is 22.4 Å². The van der Waals surface area contributed by atoms with Gasteiger partial charge in [0.05, 0.1) is 6.20 Å². The van der Waals surface area contributed by atoms with Crippen LogP contribution in [-0.2, 0) is 13.0 Å². The van der Waals surface area contributed by atoms with E-state index in [1.807, 2.05) is 10.9 Å². The lowest BCUT2D eigenvalue weighted by molar-refractivity contribution is 0.626. The van der Waals surface area contributed by atoms with E-state index in [4.69, 9.17) is 0 Å². The molecule has 1 aromatic carbocycles. The van der Waals surface area contributed by atoms with Crippen LogP contribution in [0.25, 0.3) is 11.1 Å². The monoisotopic (exact) mass is 269 g/mol. The molecular formula is C17H23N3. The van der Waals surface area contributed by atoms with Gasteiger partial charge < -0.3 is 4.90 Å². The third-order valence-electron chi connectivity index (χ3n) is 4.15. The van der Waals surface area contributed by atoms with Crippen molar-refractivity contribution in [2.75, 3.05) is 11.4 Å². The molecule has 0 saturated heterocycles. The summed E-state index contributed by atoms with van der Waals surface area (Å²) in [5.41, 5.74) is 5.40. The summed E-state index contributed by atoms with van der Waals surface area (Å²) in [7, 11) is 0. The first-order valence-electron chi connectivity index (χ1n) is 7.61. The molecule has 1 aromatic heterocycles. The number of fused-ring (bicyclic) bond motifs is 1. The summed E-state index contributed by atoms with van der Waals surface area (Å²) in [5, 5.41) is 4.37. The fourth-order valence-electron chi connectivity index (χ4n) is 3.03.